The van der Waals surface area contributed by atoms with Gasteiger partial charge in [-0.1, -0.05) is 13.3 Å². The fraction of sp³-hybridized carbons (Fsp3) is 0.462. The van der Waals surface area contributed by atoms with Crippen molar-refractivity contribution in [1.29, 1.82) is 0 Å². The lowest BCUT2D eigenvalue weighted by atomic mass is 10.1. The third-order valence-electron chi connectivity index (χ3n) is 3.12. The second-order valence-electron chi connectivity index (χ2n) is 4.59. The quantitative estimate of drug-likeness (QED) is 0.898. The second kappa shape index (κ2) is 5.11. The summed E-state index contributed by atoms with van der Waals surface area (Å²) < 4.78 is 37.3. The molecular weight excluding hydrogens is 257 g/mol. The average Bonchev–Trinajstić information content (AvgIpc) is 2.70. The minimum absolute atomic E-state index is 0.0693. The zero-order valence-electron chi connectivity index (χ0n) is 10.5. The first-order valence-electron chi connectivity index (χ1n) is 6.17. The lowest BCUT2D eigenvalue weighted by molar-refractivity contribution is -0.137. The summed E-state index contributed by atoms with van der Waals surface area (Å²) in [4.78, 5) is 13.2. The van der Waals surface area contributed by atoms with Crippen LogP contribution in [0.15, 0.2) is 24.3 Å². The van der Waals surface area contributed by atoms with Crippen molar-refractivity contribution in [3.05, 3.63) is 29.8 Å². The Morgan fingerprint density at radius 2 is 1.95 bits per heavy atom. The molecule has 0 saturated carbocycles. The Bertz CT molecular complexity index is 456. The zero-order chi connectivity index (χ0) is 14.0. The molecule has 2 amide bonds. The summed E-state index contributed by atoms with van der Waals surface area (Å²) in [6.45, 7) is 2.52. The van der Waals surface area contributed by atoms with Gasteiger partial charge >= 0.3 is 12.2 Å². The molecule has 3 nitrogen and oxygen atoms in total. The predicted molar refractivity (Wildman–Crippen MR) is 66.0 cm³/mol. The predicted octanol–water partition coefficient (Wildman–Crippen LogP) is 3.40. The Kier molecular flexibility index (Phi) is 3.68. The maximum absolute atomic E-state index is 12.4. The molecule has 0 aliphatic carbocycles. The third kappa shape index (κ3) is 3.00. The number of carbonyl (C=O) groups excluding carboxylic acids is 1. The molecular formula is C13H15F3N2O. The van der Waals surface area contributed by atoms with E-state index < -0.39 is 11.7 Å². The number of alkyl halides is 3. The van der Waals surface area contributed by atoms with Crippen LogP contribution in [0, 0.1) is 0 Å². The summed E-state index contributed by atoms with van der Waals surface area (Å²) in [6.07, 6.45) is -2.54. The Balaban J connectivity index is 2.13. The molecule has 1 atom stereocenters. The van der Waals surface area contributed by atoms with E-state index >= 15 is 0 Å². The molecule has 19 heavy (non-hydrogen) atoms. The number of hydrogen-bond donors (Lipinski definition) is 1. The summed E-state index contributed by atoms with van der Waals surface area (Å²) in [5.74, 6) is 0. The van der Waals surface area contributed by atoms with E-state index in [0.29, 0.717) is 12.2 Å². The van der Waals surface area contributed by atoms with Gasteiger partial charge in [-0.15, -0.1) is 0 Å². The first kappa shape index (κ1) is 13.7. The number of rotatable bonds is 3. The molecule has 1 fully saturated rings. The number of amides is 2. The molecule has 0 radical (unpaired) electrons. The summed E-state index contributed by atoms with van der Waals surface area (Å²) in [5, 5.41) is 2.81. The van der Waals surface area contributed by atoms with E-state index in [1.807, 2.05) is 6.92 Å². The average molecular weight is 272 g/mol. The van der Waals surface area contributed by atoms with Crippen molar-refractivity contribution in [3.63, 3.8) is 0 Å². The molecule has 104 valence electrons. The molecule has 1 aliphatic heterocycles. The van der Waals surface area contributed by atoms with Crippen molar-refractivity contribution >= 4 is 11.7 Å². The number of nitrogens with one attached hydrogen (secondary N) is 1. The molecule has 1 saturated heterocycles. The summed E-state index contributed by atoms with van der Waals surface area (Å²) >= 11 is 0. The molecule has 0 unspecified atom stereocenters. The van der Waals surface area contributed by atoms with Crippen molar-refractivity contribution in [2.75, 3.05) is 11.4 Å². The van der Waals surface area contributed by atoms with Gasteiger partial charge in [-0.25, -0.2) is 4.79 Å². The van der Waals surface area contributed by atoms with Crippen LogP contribution in [0.3, 0.4) is 0 Å². The number of nitrogens with zero attached hydrogens (tertiary/aromatic N) is 1. The van der Waals surface area contributed by atoms with Gasteiger partial charge in [0.25, 0.3) is 0 Å². The van der Waals surface area contributed by atoms with Crippen LogP contribution in [0.4, 0.5) is 23.7 Å². The van der Waals surface area contributed by atoms with E-state index in [9.17, 15) is 18.0 Å². The molecule has 1 heterocycles. The van der Waals surface area contributed by atoms with Crippen LogP contribution in [-0.2, 0) is 6.18 Å². The van der Waals surface area contributed by atoms with E-state index in [4.69, 9.17) is 0 Å². The minimum Gasteiger partial charge on any atom is -0.333 e. The van der Waals surface area contributed by atoms with Crippen molar-refractivity contribution in [3.8, 4) is 0 Å². The monoisotopic (exact) mass is 272 g/mol. The minimum atomic E-state index is -4.35. The SMILES string of the molecule is CCC[C@H]1CN(c2ccc(C(F)(F)F)cc2)C(=O)N1. The fourth-order valence-corrected chi connectivity index (χ4v) is 2.17. The van der Waals surface area contributed by atoms with Crippen molar-refractivity contribution < 1.29 is 18.0 Å². The molecule has 1 aliphatic rings. The molecule has 1 aromatic carbocycles. The highest BCUT2D eigenvalue weighted by molar-refractivity contribution is 5.94. The van der Waals surface area contributed by atoms with Gasteiger partial charge in [-0.05, 0) is 30.7 Å². The van der Waals surface area contributed by atoms with Gasteiger partial charge in [0, 0.05) is 18.3 Å². The first-order chi connectivity index (χ1) is 8.91. The smallest absolute Gasteiger partial charge is 0.333 e. The highest BCUT2D eigenvalue weighted by Crippen LogP contribution is 2.31. The number of urea groups is 1. The molecule has 1 N–H and O–H groups in total. The van der Waals surface area contributed by atoms with Crippen LogP contribution in [0.2, 0.25) is 0 Å². The number of benzene rings is 1. The second-order valence-corrected chi connectivity index (χ2v) is 4.59. The molecule has 2 rings (SSSR count). The largest absolute Gasteiger partial charge is 0.416 e. The van der Waals surface area contributed by atoms with E-state index in [0.717, 1.165) is 25.0 Å². The van der Waals surface area contributed by atoms with Crippen LogP contribution in [0.1, 0.15) is 25.3 Å². The van der Waals surface area contributed by atoms with E-state index in [1.165, 1.54) is 17.0 Å². The number of hydrogen-bond acceptors (Lipinski definition) is 1. The van der Waals surface area contributed by atoms with Gasteiger partial charge < -0.3 is 5.32 Å². The summed E-state index contributed by atoms with van der Waals surface area (Å²) in [6, 6.07) is 4.47. The van der Waals surface area contributed by atoms with Crippen LogP contribution in [0.25, 0.3) is 0 Å². The van der Waals surface area contributed by atoms with Crippen molar-refractivity contribution in [2.45, 2.75) is 32.0 Å². The first-order valence-corrected chi connectivity index (χ1v) is 6.17. The molecule has 0 spiro atoms. The highest BCUT2D eigenvalue weighted by Gasteiger charge is 2.32. The number of anilines is 1. The standard InChI is InChI=1S/C13H15F3N2O/c1-2-3-10-8-18(12(19)17-10)11-6-4-9(5-7-11)13(14,15)16/h4-7,10H,2-3,8H2,1H3,(H,17,19)/t10-/m0/s1. The third-order valence-corrected chi connectivity index (χ3v) is 3.12. The van der Waals surface area contributed by atoms with Gasteiger partial charge in [0.15, 0.2) is 0 Å². The lowest BCUT2D eigenvalue weighted by Gasteiger charge is -2.15. The van der Waals surface area contributed by atoms with Crippen LogP contribution in [0.5, 0.6) is 0 Å². The maximum Gasteiger partial charge on any atom is 0.416 e. The zero-order valence-corrected chi connectivity index (χ0v) is 10.5. The van der Waals surface area contributed by atoms with Gasteiger partial charge in [-0.2, -0.15) is 13.2 Å². The van der Waals surface area contributed by atoms with Crippen molar-refractivity contribution in [1.82, 2.24) is 5.32 Å². The lowest BCUT2D eigenvalue weighted by Crippen LogP contribution is -2.28. The Labute approximate surface area is 109 Å². The topological polar surface area (TPSA) is 32.3 Å². The van der Waals surface area contributed by atoms with E-state index in [-0.39, 0.29) is 12.1 Å². The molecule has 0 aromatic heterocycles. The van der Waals surface area contributed by atoms with Crippen LogP contribution >= 0.6 is 0 Å². The van der Waals surface area contributed by atoms with Crippen molar-refractivity contribution in [2.24, 2.45) is 0 Å². The van der Waals surface area contributed by atoms with Crippen LogP contribution < -0.4 is 10.2 Å². The number of carbonyl (C=O) groups is 1. The fourth-order valence-electron chi connectivity index (χ4n) is 2.17. The maximum atomic E-state index is 12.4. The Morgan fingerprint density at radius 1 is 1.32 bits per heavy atom. The molecule has 6 heteroatoms. The van der Waals surface area contributed by atoms with Gasteiger partial charge in [-0.3, -0.25) is 4.90 Å². The number of halogens is 3. The van der Waals surface area contributed by atoms with E-state index in [1.54, 1.807) is 0 Å². The molecule has 1 aromatic rings. The van der Waals surface area contributed by atoms with Gasteiger partial charge in [0.2, 0.25) is 0 Å². The van der Waals surface area contributed by atoms with Crippen LogP contribution in [-0.4, -0.2) is 18.6 Å². The van der Waals surface area contributed by atoms with Gasteiger partial charge in [0.1, 0.15) is 0 Å². The van der Waals surface area contributed by atoms with E-state index in [2.05, 4.69) is 5.32 Å². The highest BCUT2D eigenvalue weighted by atomic mass is 19.4. The van der Waals surface area contributed by atoms with Gasteiger partial charge in [0.05, 0.1) is 5.56 Å². The molecule has 0 bridgehead atoms. The Morgan fingerprint density at radius 3 is 2.47 bits per heavy atom. The summed E-state index contributed by atoms with van der Waals surface area (Å²) in [7, 11) is 0. The normalized spacial score (nSPS) is 19.7. The Hall–Kier alpha value is -1.72. The summed E-state index contributed by atoms with van der Waals surface area (Å²) in [5.41, 5.74) is -0.218.